The second-order valence-corrected chi connectivity index (χ2v) is 6.03. The molecular weight excluding hydrogens is 244 g/mol. The van der Waals surface area contributed by atoms with Gasteiger partial charge in [-0.3, -0.25) is 9.59 Å². The average Bonchev–Trinajstić information content (AvgIpc) is 2.33. The first kappa shape index (κ1) is 17.9. The molecule has 5 nitrogen and oxygen atoms in total. The van der Waals surface area contributed by atoms with Crippen LogP contribution < -0.4 is 5.73 Å². The third-order valence-corrected chi connectivity index (χ3v) is 2.85. The molecule has 2 N–H and O–H groups in total. The van der Waals surface area contributed by atoms with Crippen molar-refractivity contribution in [2.75, 3.05) is 26.7 Å². The van der Waals surface area contributed by atoms with E-state index in [0.717, 1.165) is 6.42 Å². The summed E-state index contributed by atoms with van der Waals surface area (Å²) in [7, 11) is 1.33. The van der Waals surface area contributed by atoms with Crippen molar-refractivity contribution in [1.82, 2.24) is 4.90 Å². The van der Waals surface area contributed by atoms with Crippen LogP contribution in [0.25, 0.3) is 0 Å². The smallest absolute Gasteiger partial charge is 0.325 e. The first-order chi connectivity index (χ1) is 8.75. The minimum Gasteiger partial charge on any atom is -0.468 e. The first-order valence-corrected chi connectivity index (χ1v) is 6.80. The van der Waals surface area contributed by atoms with E-state index in [2.05, 4.69) is 25.5 Å². The van der Waals surface area contributed by atoms with E-state index in [1.54, 1.807) is 4.90 Å². The molecule has 0 bridgehead atoms. The summed E-state index contributed by atoms with van der Waals surface area (Å²) >= 11 is 0. The maximum Gasteiger partial charge on any atom is 0.325 e. The third kappa shape index (κ3) is 7.15. The Morgan fingerprint density at radius 3 is 2.26 bits per heavy atom. The minimum atomic E-state index is -0.395. The molecule has 0 aromatic rings. The zero-order chi connectivity index (χ0) is 15.1. The van der Waals surface area contributed by atoms with Gasteiger partial charge in [0.05, 0.1) is 13.0 Å². The number of carbonyl (C=O) groups is 2. The summed E-state index contributed by atoms with van der Waals surface area (Å²) in [6.45, 7) is 9.06. The number of ether oxygens (including phenoxy) is 1. The summed E-state index contributed by atoms with van der Waals surface area (Å²) in [4.78, 5) is 25.3. The van der Waals surface area contributed by atoms with Gasteiger partial charge in [-0.25, -0.2) is 0 Å². The largest absolute Gasteiger partial charge is 0.468 e. The van der Waals surface area contributed by atoms with Gasteiger partial charge in [-0.05, 0) is 18.3 Å². The molecule has 0 fully saturated rings. The highest BCUT2D eigenvalue weighted by Gasteiger charge is 2.28. The van der Waals surface area contributed by atoms with Crippen molar-refractivity contribution in [1.29, 1.82) is 0 Å². The second-order valence-electron chi connectivity index (χ2n) is 6.03. The van der Waals surface area contributed by atoms with E-state index >= 15 is 0 Å². The molecule has 0 aliphatic carbocycles. The standard InChI is InChI=1S/C14H28N2O3/c1-6-7-16(10-12(17)19-5)13(18)11(9-15)8-14(2,3)4/h11H,6-10,15H2,1-5H3. The van der Waals surface area contributed by atoms with Gasteiger partial charge in [0.1, 0.15) is 6.54 Å². The molecule has 0 aromatic heterocycles. The average molecular weight is 272 g/mol. The Hall–Kier alpha value is -1.10. The highest BCUT2D eigenvalue weighted by molar-refractivity contribution is 5.83. The van der Waals surface area contributed by atoms with Crippen LogP contribution in [0.4, 0.5) is 0 Å². The number of hydrogen-bond acceptors (Lipinski definition) is 4. The van der Waals surface area contributed by atoms with Crippen LogP contribution in [0.3, 0.4) is 0 Å². The molecule has 19 heavy (non-hydrogen) atoms. The zero-order valence-electron chi connectivity index (χ0n) is 12.9. The quantitative estimate of drug-likeness (QED) is 0.711. The lowest BCUT2D eigenvalue weighted by Gasteiger charge is -2.29. The van der Waals surface area contributed by atoms with Crippen LogP contribution in [0.1, 0.15) is 40.5 Å². The van der Waals surface area contributed by atoms with E-state index in [1.807, 2.05) is 6.92 Å². The Kier molecular flexibility index (Phi) is 7.68. The fourth-order valence-corrected chi connectivity index (χ4v) is 2.03. The first-order valence-electron chi connectivity index (χ1n) is 6.80. The van der Waals surface area contributed by atoms with Crippen molar-refractivity contribution in [2.24, 2.45) is 17.1 Å². The molecule has 0 saturated heterocycles. The van der Waals surface area contributed by atoms with Crippen molar-refractivity contribution in [3.05, 3.63) is 0 Å². The molecular formula is C14H28N2O3. The number of hydrogen-bond donors (Lipinski definition) is 1. The Labute approximate surface area is 116 Å². The lowest BCUT2D eigenvalue weighted by molar-refractivity contribution is -0.148. The number of amides is 1. The lowest BCUT2D eigenvalue weighted by Crippen LogP contribution is -2.43. The number of nitrogens with zero attached hydrogens (tertiary/aromatic N) is 1. The zero-order valence-corrected chi connectivity index (χ0v) is 12.9. The van der Waals surface area contributed by atoms with Crippen LogP contribution in [-0.4, -0.2) is 43.5 Å². The lowest BCUT2D eigenvalue weighted by atomic mass is 9.84. The van der Waals surface area contributed by atoms with E-state index in [-0.39, 0.29) is 23.8 Å². The molecule has 0 saturated carbocycles. The molecule has 0 spiro atoms. The van der Waals surface area contributed by atoms with Gasteiger partial charge < -0.3 is 15.4 Å². The van der Waals surface area contributed by atoms with Crippen LogP contribution in [0, 0.1) is 11.3 Å². The van der Waals surface area contributed by atoms with Crippen molar-refractivity contribution in [3.8, 4) is 0 Å². The molecule has 1 amide bonds. The SMILES string of the molecule is CCCN(CC(=O)OC)C(=O)C(CN)CC(C)(C)C. The van der Waals surface area contributed by atoms with Gasteiger partial charge in [-0.1, -0.05) is 27.7 Å². The van der Waals surface area contributed by atoms with Gasteiger partial charge >= 0.3 is 5.97 Å². The van der Waals surface area contributed by atoms with Crippen molar-refractivity contribution >= 4 is 11.9 Å². The number of carbonyl (C=O) groups excluding carboxylic acids is 2. The molecule has 1 unspecified atom stereocenters. The molecule has 0 aromatic carbocycles. The predicted octanol–water partition coefficient (Wildman–Crippen LogP) is 1.41. The number of rotatable bonds is 7. The summed E-state index contributed by atoms with van der Waals surface area (Å²) in [5, 5.41) is 0. The molecule has 0 heterocycles. The summed E-state index contributed by atoms with van der Waals surface area (Å²) in [6, 6.07) is 0. The van der Waals surface area contributed by atoms with Gasteiger partial charge in [0.25, 0.3) is 0 Å². The van der Waals surface area contributed by atoms with E-state index in [1.165, 1.54) is 7.11 Å². The summed E-state index contributed by atoms with van der Waals surface area (Å²) in [6.07, 6.45) is 1.51. The van der Waals surface area contributed by atoms with Gasteiger partial charge in [0.15, 0.2) is 0 Å². The van der Waals surface area contributed by atoms with E-state index in [9.17, 15) is 9.59 Å². The Bertz CT molecular complexity index is 298. The summed E-state index contributed by atoms with van der Waals surface area (Å²) < 4.78 is 4.63. The van der Waals surface area contributed by atoms with Crippen LogP contribution in [0.5, 0.6) is 0 Å². The summed E-state index contributed by atoms with van der Waals surface area (Å²) in [5.74, 6) is -0.686. The minimum absolute atomic E-state index is 0.00379. The van der Waals surface area contributed by atoms with Crippen LogP contribution in [0.2, 0.25) is 0 Å². The highest BCUT2D eigenvalue weighted by Crippen LogP contribution is 2.25. The molecule has 0 aliphatic heterocycles. The number of nitrogens with two attached hydrogens (primary N) is 1. The van der Waals surface area contributed by atoms with Gasteiger partial charge in [0.2, 0.25) is 5.91 Å². The van der Waals surface area contributed by atoms with Crippen molar-refractivity contribution in [3.63, 3.8) is 0 Å². The van der Waals surface area contributed by atoms with Crippen LogP contribution in [-0.2, 0) is 14.3 Å². The molecule has 112 valence electrons. The fourth-order valence-electron chi connectivity index (χ4n) is 2.03. The molecule has 1 atom stereocenters. The number of methoxy groups -OCH3 is 1. The van der Waals surface area contributed by atoms with E-state index < -0.39 is 5.97 Å². The fraction of sp³-hybridized carbons (Fsp3) is 0.857. The van der Waals surface area contributed by atoms with Gasteiger partial charge in [-0.15, -0.1) is 0 Å². The Balaban J connectivity index is 4.79. The summed E-state index contributed by atoms with van der Waals surface area (Å²) in [5.41, 5.74) is 5.75. The van der Waals surface area contributed by atoms with E-state index in [0.29, 0.717) is 19.5 Å². The second kappa shape index (κ2) is 8.15. The maximum atomic E-state index is 12.4. The van der Waals surface area contributed by atoms with Crippen LogP contribution in [0.15, 0.2) is 0 Å². The van der Waals surface area contributed by atoms with Gasteiger partial charge in [-0.2, -0.15) is 0 Å². The highest BCUT2D eigenvalue weighted by atomic mass is 16.5. The molecule has 0 aliphatic rings. The normalized spacial score (nSPS) is 12.9. The topological polar surface area (TPSA) is 72.6 Å². The maximum absolute atomic E-state index is 12.4. The Morgan fingerprint density at radius 1 is 1.32 bits per heavy atom. The third-order valence-electron chi connectivity index (χ3n) is 2.85. The van der Waals surface area contributed by atoms with Gasteiger partial charge in [0, 0.05) is 13.1 Å². The molecule has 0 rings (SSSR count). The van der Waals surface area contributed by atoms with Crippen molar-refractivity contribution < 1.29 is 14.3 Å². The predicted molar refractivity (Wildman–Crippen MR) is 75.5 cm³/mol. The number of esters is 1. The van der Waals surface area contributed by atoms with E-state index in [4.69, 9.17) is 5.73 Å². The molecule has 5 heteroatoms. The van der Waals surface area contributed by atoms with Crippen molar-refractivity contribution in [2.45, 2.75) is 40.5 Å². The molecule has 0 radical (unpaired) electrons. The monoisotopic (exact) mass is 272 g/mol. The Morgan fingerprint density at radius 2 is 1.89 bits per heavy atom. The van der Waals surface area contributed by atoms with Crippen LogP contribution >= 0.6 is 0 Å².